The first kappa shape index (κ1) is 17.2. The Bertz CT molecular complexity index is 697. The third-order valence-corrected chi connectivity index (χ3v) is 5.31. The van der Waals surface area contributed by atoms with Crippen LogP contribution in [0.1, 0.15) is 35.6 Å². The van der Waals surface area contributed by atoms with Gasteiger partial charge in [0.25, 0.3) is 5.91 Å². The van der Waals surface area contributed by atoms with E-state index < -0.39 is 0 Å². The van der Waals surface area contributed by atoms with Crippen molar-refractivity contribution < 1.29 is 4.79 Å². The second-order valence-electron chi connectivity index (χ2n) is 6.92. The molecule has 6 heteroatoms. The number of hydrogen-bond acceptors (Lipinski definition) is 4. The highest BCUT2D eigenvalue weighted by Gasteiger charge is 2.25. The quantitative estimate of drug-likeness (QED) is 0.855. The molecule has 1 fully saturated rings. The predicted molar refractivity (Wildman–Crippen MR) is 98.1 cm³/mol. The van der Waals surface area contributed by atoms with Crippen LogP contribution in [0.3, 0.4) is 0 Å². The lowest BCUT2D eigenvalue weighted by Crippen LogP contribution is -2.49. The number of carbonyl (C=O) groups excluding carboxylic acids is 1. The Morgan fingerprint density at radius 3 is 2.54 bits per heavy atom. The van der Waals surface area contributed by atoms with E-state index in [0.29, 0.717) is 5.92 Å². The van der Waals surface area contributed by atoms with Gasteiger partial charge in [-0.05, 0) is 25.8 Å². The van der Waals surface area contributed by atoms with Crippen LogP contribution in [0.15, 0.2) is 17.6 Å². The van der Waals surface area contributed by atoms with Gasteiger partial charge < -0.3 is 4.90 Å². The van der Waals surface area contributed by atoms with Crippen molar-refractivity contribution in [3.8, 4) is 5.13 Å². The molecule has 5 nitrogen and oxygen atoms in total. The Morgan fingerprint density at radius 2 is 1.96 bits per heavy atom. The van der Waals surface area contributed by atoms with Crippen molar-refractivity contribution in [2.75, 3.05) is 32.7 Å². The van der Waals surface area contributed by atoms with Crippen LogP contribution in [0.5, 0.6) is 0 Å². The van der Waals surface area contributed by atoms with Gasteiger partial charge in [0.2, 0.25) is 0 Å². The van der Waals surface area contributed by atoms with Gasteiger partial charge in [-0.3, -0.25) is 14.3 Å². The number of hydrogen-bond donors (Lipinski definition) is 0. The molecule has 1 aliphatic heterocycles. The van der Waals surface area contributed by atoms with Gasteiger partial charge in [0, 0.05) is 55.7 Å². The zero-order valence-electron chi connectivity index (χ0n) is 15.0. The first-order valence-corrected chi connectivity index (χ1v) is 9.45. The molecule has 0 N–H and O–H groups in total. The molecule has 130 valence electrons. The van der Waals surface area contributed by atoms with E-state index in [1.54, 1.807) is 17.5 Å². The fourth-order valence-electron chi connectivity index (χ4n) is 3.42. The molecule has 0 saturated carbocycles. The largest absolute Gasteiger partial charge is 0.336 e. The predicted octanol–water partition coefficient (Wildman–Crippen LogP) is 2.96. The summed E-state index contributed by atoms with van der Waals surface area (Å²) in [5, 5.41) is 2.88. The summed E-state index contributed by atoms with van der Waals surface area (Å²) in [6, 6.07) is 2.00. The van der Waals surface area contributed by atoms with Gasteiger partial charge in [0.1, 0.15) is 0 Å². The maximum absolute atomic E-state index is 13.0. The molecule has 1 aliphatic rings. The Hall–Kier alpha value is -1.66. The molecule has 0 atom stereocenters. The van der Waals surface area contributed by atoms with E-state index >= 15 is 0 Å². The maximum Gasteiger partial charge on any atom is 0.255 e. The molecule has 1 saturated heterocycles. The number of aryl methyl sites for hydroxylation is 1. The second-order valence-corrected chi connectivity index (χ2v) is 7.79. The minimum absolute atomic E-state index is 0.148. The van der Waals surface area contributed by atoms with Gasteiger partial charge in [-0.1, -0.05) is 13.8 Å². The molecule has 2 aromatic rings. The zero-order chi connectivity index (χ0) is 17.3. The Kier molecular flexibility index (Phi) is 5.06. The van der Waals surface area contributed by atoms with E-state index in [2.05, 4.69) is 28.3 Å². The number of amides is 1. The number of nitrogens with zero attached hydrogens (tertiary/aromatic N) is 4. The molecule has 0 aliphatic carbocycles. The van der Waals surface area contributed by atoms with Crippen LogP contribution in [0.2, 0.25) is 0 Å². The molecule has 3 heterocycles. The van der Waals surface area contributed by atoms with Crippen molar-refractivity contribution in [2.24, 2.45) is 5.92 Å². The summed E-state index contributed by atoms with van der Waals surface area (Å²) in [7, 11) is 0. The smallest absolute Gasteiger partial charge is 0.255 e. The van der Waals surface area contributed by atoms with E-state index in [9.17, 15) is 4.79 Å². The summed E-state index contributed by atoms with van der Waals surface area (Å²) < 4.78 is 2.08. The first-order chi connectivity index (χ1) is 11.5. The van der Waals surface area contributed by atoms with E-state index in [4.69, 9.17) is 0 Å². The van der Waals surface area contributed by atoms with Gasteiger partial charge in [-0.15, -0.1) is 11.3 Å². The van der Waals surface area contributed by atoms with Gasteiger partial charge in [-0.2, -0.15) is 0 Å². The van der Waals surface area contributed by atoms with Crippen LogP contribution < -0.4 is 0 Å². The lowest BCUT2D eigenvalue weighted by atomic mass is 10.1. The molecule has 0 aromatic carbocycles. The molecular formula is C18H26N4OS. The van der Waals surface area contributed by atoms with Gasteiger partial charge >= 0.3 is 0 Å². The normalized spacial score (nSPS) is 16.1. The molecule has 2 aromatic heterocycles. The Morgan fingerprint density at radius 1 is 1.25 bits per heavy atom. The Balaban J connectivity index is 1.74. The minimum Gasteiger partial charge on any atom is -0.336 e. The van der Waals surface area contributed by atoms with Crippen LogP contribution in [0, 0.1) is 19.8 Å². The number of carbonyl (C=O) groups is 1. The van der Waals surface area contributed by atoms with Crippen LogP contribution in [-0.2, 0) is 0 Å². The van der Waals surface area contributed by atoms with Crippen molar-refractivity contribution in [1.29, 1.82) is 0 Å². The zero-order valence-corrected chi connectivity index (χ0v) is 15.8. The summed E-state index contributed by atoms with van der Waals surface area (Å²) in [4.78, 5) is 21.8. The summed E-state index contributed by atoms with van der Waals surface area (Å²) in [5.41, 5.74) is 2.85. The number of thiazole rings is 1. The SMILES string of the molecule is Cc1cc(C(=O)N2CCN(CC(C)C)CC2)c(C)n1-c1nccs1. The van der Waals surface area contributed by atoms with E-state index in [0.717, 1.165) is 54.8 Å². The lowest BCUT2D eigenvalue weighted by molar-refractivity contribution is 0.0623. The fourth-order valence-corrected chi connectivity index (χ4v) is 4.17. The number of rotatable bonds is 4. The Labute approximate surface area is 147 Å². The third kappa shape index (κ3) is 3.39. The standard InChI is InChI=1S/C18H26N4OS/c1-13(2)12-20-6-8-21(9-7-20)17(23)16-11-14(3)22(15(16)4)18-19-5-10-24-18/h5,10-11,13H,6-9,12H2,1-4H3. The third-order valence-electron chi connectivity index (χ3n) is 4.55. The van der Waals surface area contributed by atoms with Crippen molar-refractivity contribution in [3.05, 3.63) is 34.6 Å². The van der Waals surface area contributed by atoms with Crippen molar-refractivity contribution in [1.82, 2.24) is 19.4 Å². The summed E-state index contributed by atoms with van der Waals surface area (Å²) >= 11 is 1.59. The van der Waals surface area contributed by atoms with Gasteiger partial charge in [0.05, 0.1) is 5.56 Å². The highest BCUT2D eigenvalue weighted by atomic mass is 32.1. The monoisotopic (exact) mass is 346 g/mol. The molecule has 1 amide bonds. The average molecular weight is 346 g/mol. The van der Waals surface area contributed by atoms with Crippen LogP contribution in [-0.4, -0.2) is 58.0 Å². The molecule has 0 unspecified atom stereocenters. The van der Waals surface area contributed by atoms with Crippen LogP contribution in [0.25, 0.3) is 5.13 Å². The molecule has 0 radical (unpaired) electrons. The van der Waals surface area contributed by atoms with Crippen LogP contribution in [0.4, 0.5) is 0 Å². The second kappa shape index (κ2) is 7.07. The topological polar surface area (TPSA) is 41.4 Å². The molecular weight excluding hydrogens is 320 g/mol. The number of piperazine rings is 1. The van der Waals surface area contributed by atoms with Crippen molar-refractivity contribution in [3.63, 3.8) is 0 Å². The lowest BCUT2D eigenvalue weighted by Gasteiger charge is -2.35. The van der Waals surface area contributed by atoms with Gasteiger partial charge in [0.15, 0.2) is 5.13 Å². The average Bonchev–Trinajstić information content (AvgIpc) is 3.15. The molecule has 3 rings (SSSR count). The van der Waals surface area contributed by atoms with E-state index in [1.165, 1.54) is 0 Å². The molecule has 0 bridgehead atoms. The minimum atomic E-state index is 0.148. The first-order valence-electron chi connectivity index (χ1n) is 8.57. The summed E-state index contributed by atoms with van der Waals surface area (Å²) in [5.74, 6) is 0.819. The van der Waals surface area contributed by atoms with E-state index in [1.807, 2.05) is 30.2 Å². The maximum atomic E-state index is 13.0. The summed E-state index contributed by atoms with van der Waals surface area (Å²) in [6.45, 7) is 13.2. The van der Waals surface area contributed by atoms with Crippen molar-refractivity contribution >= 4 is 17.2 Å². The summed E-state index contributed by atoms with van der Waals surface area (Å²) in [6.07, 6.45) is 1.80. The van der Waals surface area contributed by atoms with E-state index in [-0.39, 0.29) is 5.91 Å². The fraction of sp³-hybridized carbons (Fsp3) is 0.556. The highest BCUT2D eigenvalue weighted by molar-refractivity contribution is 7.12. The molecule has 0 spiro atoms. The van der Waals surface area contributed by atoms with Crippen molar-refractivity contribution in [2.45, 2.75) is 27.7 Å². The molecule has 24 heavy (non-hydrogen) atoms. The highest BCUT2D eigenvalue weighted by Crippen LogP contribution is 2.23. The number of aromatic nitrogens is 2. The van der Waals surface area contributed by atoms with Crippen LogP contribution >= 0.6 is 11.3 Å². The van der Waals surface area contributed by atoms with Gasteiger partial charge in [-0.25, -0.2) is 4.98 Å².